The maximum Gasteiger partial charge on any atom is 0.258 e. The maximum atomic E-state index is 13.2. The van der Waals surface area contributed by atoms with Crippen LogP contribution in [0.5, 0.6) is 11.5 Å². The first-order valence-electron chi connectivity index (χ1n) is 10.5. The van der Waals surface area contributed by atoms with Crippen LogP contribution in [0.15, 0.2) is 35.1 Å². The third-order valence-corrected chi connectivity index (χ3v) is 5.59. The Bertz CT molecular complexity index is 1430. The van der Waals surface area contributed by atoms with E-state index in [2.05, 4.69) is 19.9 Å². The fourth-order valence-electron chi connectivity index (χ4n) is 3.64. The van der Waals surface area contributed by atoms with Gasteiger partial charge in [-0.15, -0.1) is 0 Å². The van der Waals surface area contributed by atoms with E-state index in [0.29, 0.717) is 45.9 Å². The summed E-state index contributed by atoms with van der Waals surface area (Å²) in [7, 11) is 3.03. The largest absolute Gasteiger partial charge is 0.493 e. The number of nitrogens with zero attached hydrogens (tertiary/aromatic N) is 4. The van der Waals surface area contributed by atoms with Gasteiger partial charge in [0.15, 0.2) is 11.5 Å². The number of H-pyrrole nitrogens is 1. The highest BCUT2D eigenvalue weighted by Crippen LogP contribution is 2.30. The molecule has 9 nitrogen and oxygen atoms in total. The van der Waals surface area contributed by atoms with Crippen molar-refractivity contribution in [3.63, 3.8) is 0 Å². The minimum atomic E-state index is -0.314. The minimum Gasteiger partial charge on any atom is -0.493 e. The second-order valence-electron chi connectivity index (χ2n) is 7.65. The Labute approximate surface area is 190 Å². The van der Waals surface area contributed by atoms with Crippen LogP contribution in [0.4, 0.5) is 0 Å². The normalized spacial score (nSPS) is 11.1. The van der Waals surface area contributed by atoms with Crippen molar-refractivity contribution in [1.29, 1.82) is 0 Å². The number of hydrogen-bond donors (Lipinski definition) is 1. The molecule has 0 aliphatic heterocycles. The smallest absolute Gasteiger partial charge is 0.258 e. The lowest BCUT2D eigenvalue weighted by Crippen LogP contribution is -2.32. The number of nitrogens with one attached hydrogen (secondary N) is 1. The van der Waals surface area contributed by atoms with Gasteiger partial charge in [-0.1, -0.05) is 0 Å². The van der Waals surface area contributed by atoms with E-state index >= 15 is 0 Å². The zero-order chi connectivity index (χ0) is 23.7. The van der Waals surface area contributed by atoms with Crippen molar-refractivity contribution < 1.29 is 14.3 Å². The molecule has 0 saturated heterocycles. The van der Waals surface area contributed by atoms with Gasteiger partial charge in [0.25, 0.3) is 11.5 Å². The highest BCUT2D eigenvalue weighted by Gasteiger charge is 2.18. The lowest BCUT2D eigenvalue weighted by atomic mass is 10.1. The fourth-order valence-corrected chi connectivity index (χ4v) is 3.64. The van der Waals surface area contributed by atoms with Crippen LogP contribution in [-0.4, -0.2) is 51.5 Å². The molecule has 33 heavy (non-hydrogen) atoms. The van der Waals surface area contributed by atoms with Crippen molar-refractivity contribution in [2.75, 3.05) is 20.8 Å². The molecule has 2 aromatic heterocycles. The van der Waals surface area contributed by atoms with E-state index < -0.39 is 0 Å². The molecule has 2 aromatic carbocycles. The van der Waals surface area contributed by atoms with Gasteiger partial charge in [0, 0.05) is 18.2 Å². The van der Waals surface area contributed by atoms with Gasteiger partial charge >= 0.3 is 0 Å². The van der Waals surface area contributed by atoms with Crippen LogP contribution < -0.4 is 15.0 Å². The molecular weight excluding hydrogens is 422 g/mol. The van der Waals surface area contributed by atoms with Gasteiger partial charge < -0.3 is 19.4 Å². The zero-order valence-electron chi connectivity index (χ0n) is 19.2. The molecule has 1 N–H and O–H groups in total. The molecule has 9 heteroatoms. The number of carbonyl (C=O) groups is 1. The Balaban J connectivity index is 1.67. The highest BCUT2D eigenvalue weighted by molar-refractivity contribution is 5.97. The standard InChI is InChI=1S/C24H25N5O4/c1-6-29(24(31)15-7-8-17-19(9-15)26-14(3)13(2)25-17)12-22-27-18-11-21(33-5)20(32-4)10-16(18)23(30)28-22/h7-11H,6,12H2,1-5H3,(H,27,28,30). The van der Waals surface area contributed by atoms with E-state index in [1.54, 1.807) is 35.2 Å². The maximum absolute atomic E-state index is 13.2. The summed E-state index contributed by atoms with van der Waals surface area (Å²) < 4.78 is 10.6. The lowest BCUT2D eigenvalue weighted by Gasteiger charge is -2.21. The molecule has 0 aliphatic rings. The molecule has 0 fully saturated rings. The van der Waals surface area contributed by atoms with Crippen LogP contribution in [0.3, 0.4) is 0 Å². The number of aromatic nitrogens is 4. The summed E-state index contributed by atoms with van der Waals surface area (Å²) in [5, 5.41) is 0.379. The topological polar surface area (TPSA) is 110 Å². The summed E-state index contributed by atoms with van der Waals surface area (Å²) in [6.07, 6.45) is 0. The Hall–Kier alpha value is -4.01. The van der Waals surface area contributed by atoms with Gasteiger partial charge in [-0.2, -0.15) is 0 Å². The number of ether oxygens (including phenoxy) is 2. The van der Waals surface area contributed by atoms with E-state index in [9.17, 15) is 9.59 Å². The minimum absolute atomic E-state index is 0.144. The Morgan fingerprint density at radius 2 is 1.61 bits per heavy atom. The second kappa shape index (κ2) is 8.85. The first-order chi connectivity index (χ1) is 15.8. The second-order valence-corrected chi connectivity index (χ2v) is 7.65. The predicted molar refractivity (Wildman–Crippen MR) is 125 cm³/mol. The van der Waals surface area contributed by atoms with Crippen molar-refractivity contribution in [2.45, 2.75) is 27.3 Å². The number of fused-ring (bicyclic) bond motifs is 2. The van der Waals surface area contributed by atoms with Crippen molar-refractivity contribution in [1.82, 2.24) is 24.8 Å². The summed E-state index contributed by atoms with van der Waals surface area (Å²) in [6.45, 7) is 6.25. The Kier molecular flexibility index (Phi) is 5.95. The number of benzene rings is 2. The third kappa shape index (κ3) is 4.21. The molecule has 0 atom stereocenters. The highest BCUT2D eigenvalue weighted by atomic mass is 16.5. The first kappa shape index (κ1) is 22.2. The molecule has 0 aliphatic carbocycles. The summed E-state index contributed by atoms with van der Waals surface area (Å²) in [5.41, 5.74) is 3.73. The molecule has 2 heterocycles. The number of methoxy groups -OCH3 is 2. The summed E-state index contributed by atoms with van der Waals surface area (Å²) in [6, 6.07) is 8.52. The van der Waals surface area contributed by atoms with Crippen molar-refractivity contribution >= 4 is 27.8 Å². The number of aryl methyl sites for hydroxylation is 2. The molecule has 0 spiro atoms. The van der Waals surface area contributed by atoms with Crippen LogP contribution in [0, 0.1) is 13.8 Å². The molecule has 0 saturated carbocycles. The Morgan fingerprint density at radius 1 is 0.939 bits per heavy atom. The number of rotatable bonds is 6. The van der Waals surface area contributed by atoms with Crippen LogP contribution in [0.2, 0.25) is 0 Å². The summed E-state index contributed by atoms with van der Waals surface area (Å²) in [4.78, 5) is 43.9. The van der Waals surface area contributed by atoms with Gasteiger partial charge in [-0.25, -0.2) is 15.0 Å². The number of hydrogen-bond acceptors (Lipinski definition) is 7. The Morgan fingerprint density at radius 3 is 2.27 bits per heavy atom. The quantitative estimate of drug-likeness (QED) is 0.483. The average Bonchev–Trinajstić information content (AvgIpc) is 2.81. The van der Waals surface area contributed by atoms with Gasteiger partial charge in [0.2, 0.25) is 0 Å². The van der Waals surface area contributed by atoms with Gasteiger partial charge in [-0.05, 0) is 45.0 Å². The van der Waals surface area contributed by atoms with Gasteiger partial charge in [0.05, 0.1) is 54.1 Å². The van der Waals surface area contributed by atoms with Crippen molar-refractivity contribution in [2.24, 2.45) is 0 Å². The van der Waals surface area contributed by atoms with Crippen molar-refractivity contribution in [3.8, 4) is 11.5 Å². The number of carbonyl (C=O) groups excluding carboxylic acids is 1. The number of aromatic amines is 1. The summed E-state index contributed by atoms with van der Waals surface area (Å²) in [5.74, 6) is 1.11. The van der Waals surface area contributed by atoms with Crippen molar-refractivity contribution in [3.05, 3.63) is 63.5 Å². The van der Waals surface area contributed by atoms with Crippen LogP contribution in [0.1, 0.15) is 34.5 Å². The molecule has 1 amide bonds. The van der Waals surface area contributed by atoms with Crippen LogP contribution in [0.25, 0.3) is 21.9 Å². The zero-order valence-corrected chi connectivity index (χ0v) is 19.2. The monoisotopic (exact) mass is 447 g/mol. The fraction of sp³-hybridized carbons (Fsp3) is 0.292. The molecular formula is C24H25N5O4. The SMILES string of the molecule is CCN(Cc1nc2cc(OC)c(OC)cc2c(=O)[nH]1)C(=O)c1ccc2nc(C)c(C)nc2c1. The lowest BCUT2D eigenvalue weighted by molar-refractivity contribution is 0.0748. The van der Waals surface area contributed by atoms with E-state index in [0.717, 1.165) is 16.9 Å². The predicted octanol–water partition coefficient (Wildman–Crippen LogP) is 3.16. The molecule has 0 radical (unpaired) electrons. The first-order valence-corrected chi connectivity index (χ1v) is 10.5. The van der Waals surface area contributed by atoms with Gasteiger partial charge in [0.1, 0.15) is 5.82 Å². The third-order valence-electron chi connectivity index (χ3n) is 5.59. The summed E-state index contributed by atoms with van der Waals surface area (Å²) >= 11 is 0. The van der Waals surface area contributed by atoms with E-state index in [1.165, 1.54) is 14.2 Å². The molecule has 0 unspecified atom stereocenters. The van der Waals surface area contributed by atoms with E-state index in [1.807, 2.05) is 20.8 Å². The van der Waals surface area contributed by atoms with E-state index in [4.69, 9.17) is 9.47 Å². The average molecular weight is 447 g/mol. The van der Waals surface area contributed by atoms with E-state index in [-0.39, 0.29) is 18.0 Å². The molecule has 0 bridgehead atoms. The number of amides is 1. The molecule has 170 valence electrons. The molecule has 4 rings (SSSR count). The van der Waals surface area contributed by atoms with Crippen LogP contribution in [-0.2, 0) is 6.54 Å². The van der Waals surface area contributed by atoms with Gasteiger partial charge in [-0.3, -0.25) is 9.59 Å². The molecule has 4 aromatic rings. The van der Waals surface area contributed by atoms with Crippen LogP contribution >= 0.6 is 0 Å².